The van der Waals surface area contributed by atoms with E-state index < -0.39 is 21.8 Å². The fourth-order valence-electron chi connectivity index (χ4n) is 3.72. The molecule has 0 atom stereocenters. The molecule has 0 aliphatic carbocycles. The number of alkyl halides is 3. The topological polar surface area (TPSA) is 64.2 Å². The van der Waals surface area contributed by atoms with Crippen molar-refractivity contribution in [3.8, 4) is 0 Å². The summed E-state index contributed by atoms with van der Waals surface area (Å²) in [4.78, 5) is 18.4. The van der Waals surface area contributed by atoms with Gasteiger partial charge in [0.2, 0.25) is 15.9 Å². The van der Waals surface area contributed by atoms with Gasteiger partial charge in [0.15, 0.2) is 0 Å². The van der Waals surface area contributed by atoms with Crippen LogP contribution in [0.25, 0.3) is 0 Å². The van der Waals surface area contributed by atoms with E-state index in [-0.39, 0.29) is 5.91 Å². The van der Waals surface area contributed by atoms with Gasteiger partial charge < -0.3 is 4.90 Å². The predicted octanol–water partition coefficient (Wildman–Crippen LogP) is 0.927. The van der Waals surface area contributed by atoms with E-state index in [0.717, 1.165) is 30.8 Å². The van der Waals surface area contributed by atoms with Crippen molar-refractivity contribution in [2.75, 3.05) is 65.2 Å². The van der Waals surface area contributed by atoms with Gasteiger partial charge in [-0.05, 0) is 17.7 Å². The highest BCUT2D eigenvalue weighted by molar-refractivity contribution is 7.88. The highest BCUT2D eigenvalue weighted by atomic mass is 32.2. The Kier molecular flexibility index (Phi) is 7.05. The molecular weight excluding hydrogens is 421 g/mol. The molecule has 0 spiro atoms. The number of carbonyl (C=O) groups is 1. The lowest BCUT2D eigenvalue weighted by molar-refractivity contribution is -0.137. The fourth-order valence-corrected chi connectivity index (χ4v) is 4.55. The van der Waals surface area contributed by atoms with Crippen LogP contribution in [0.4, 0.5) is 13.2 Å². The third-order valence-electron chi connectivity index (χ3n) is 5.57. The van der Waals surface area contributed by atoms with Crippen LogP contribution in [0.1, 0.15) is 11.1 Å². The summed E-state index contributed by atoms with van der Waals surface area (Å²) in [6.45, 7) is 5.20. The molecule has 7 nitrogen and oxygen atoms in total. The lowest BCUT2D eigenvalue weighted by Crippen LogP contribution is -2.54. The van der Waals surface area contributed by atoms with E-state index in [1.807, 2.05) is 0 Å². The Bertz CT molecular complexity index is 830. The minimum Gasteiger partial charge on any atom is -0.339 e. The number of hydrogen-bond donors (Lipinski definition) is 0. The average molecular weight is 449 g/mol. The number of piperazine rings is 2. The van der Waals surface area contributed by atoms with Crippen molar-refractivity contribution in [1.29, 1.82) is 0 Å². The molecule has 2 saturated heterocycles. The van der Waals surface area contributed by atoms with E-state index >= 15 is 0 Å². The highest BCUT2D eigenvalue weighted by Crippen LogP contribution is 2.29. The zero-order valence-corrected chi connectivity index (χ0v) is 17.8. The maximum absolute atomic E-state index is 12.7. The second kappa shape index (κ2) is 9.21. The monoisotopic (exact) mass is 448 g/mol. The number of nitrogens with zero attached hydrogens (tertiary/aromatic N) is 4. The second-order valence-electron chi connectivity index (χ2n) is 7.79. The fraction of sp³-hybridized carbons (Fsp3) is 0.632. The lowest BCUT2D eigenvalue weighted by Gasteiger charge is -2.37. The molecule has 0 aromatic heterocycles. The molecule has 30 heavy (non-hydrogen) atoms. The Hall–Kier alpha value is -1.69. The van der Waals surface area contributed by atoms with E-state index in [1.165, 1.54) is 22.7 Å². The van der Waals surface area contributed by atoms with Gasteiger partial charge in [0, 0.05) is 58.9 Å². The molecule has 0 radical (unpaired) electrons. The van der Waals surface area contributed by atoms with Crippen molar-refractivity contribution in [3.05, 3.63) is 35.4 Å². The van der Waals surface area contributed by atoms with E-state index in [4.69, 9.17) is 0 Å². The van der Waals surface area contributed by atoms with Crippen LogP contribution in [0.15, 0.2) is 24.3 Å². The summed E-state index contributed by atoms with van der Waals surface area (Å²) in [7, 11) is -3.22. The quantitative estimate of drug-likeness (QED) is 0.671. The molecule has 1 amide bonds. The van der Waals surface area contributed by atoms with Crippen molar-refractivity contribution >= 4 is 15.9 Å². The molecular formula is C19H27F3N4O3S. The van der Waals surface area contributed by atoms with Crippen LogP contribution in [0.2, 0.25) is 0 Å². The van der Waals surface area contributed by atoms with E-state index in [9.17, 15) is 26.4 Å². The summed E-state index contributed by atoms with van der Waals surface area (Å²) < 4.78 is 62.5. The van der Waals surface area contributed by atoms with Crippen molar-refractivity contribution < 1.29 is 26.4 Å². The molecule has 2 heterocycles. The maximum Gasteiger partial charge on any atom is 0.416 e. The Morgan fingerprint density at radius 3 is 1.93 bits per heavy atom. The van der Waals surface area contributed by atoms with Gasteiger partial charge in [-0.25, -0.2) is 8.42 Å². The van der Waals surface area contributed by atoms with Crippen LogP contribution in [0.5, 0.6) is 0 Å². The summed E-state index contributed by atoms with van der Waals surface area (Å²) >= 11 is 0. The first-order valence-corrected chi connectivity index (χ1v) is 11.7. The van der Waals surface area contributed by atoms with Crippen LogP contribution < -0.4 is 0 Å². The summed E-state index contributed by atoms with van der Waals surface area (Å²) in [5, 5.41) is 0. The average Bonchev–Trinajstić information content (AvgIpc) is 2.68. The molecule has 0 bridgehead atoms. The summed E-state index contributed by atoms with van der Waals surface area (Å²) in [6, 6.07) is 5.23. The SMILES string of the molecule is CS(=O)(=O)N1CCN(C(=O)CN2CCN(Cc3ccc(C(F)(F)F)cc3)CC2)CC1. The van der Waals surface area contributed by atoms with Crippen LogP contribution in [0, 0.1) is 0 Å². The molecule has 2 aliphatic rings. The van der Waals surface area contributed by atoms with Crippen LogP contribution >= 0.6 is 0 Å². The molecule has 11 heteroatoms. The first-order valence-electron chi connectivity index (χ1n) is 9.86. The lowest BCUT2D eigenvalue weighted by atomic mass is 10.1. The van der Waals surface area contributed by atoms with Crippen molar-refractivity contribution in [2.24, 2.45) is 0 Å². The first kappa shape index (κ1) is 23.0. The Balaban J connectivity index is 1.41. The molecule has 1 aromatic carbocycles. The molecule has 0 unspecified atom stereocenters. The largest absolute Gasteiger partial charge is 0.416 e. The van der Waals surface area contributed by atoms with Gasteiger partial charge in [0.05, 0.1) is 18.4 Å². The smallest absolute Gasteiger partial charge is 0.339 e. The highest BCUT2D eigenvalue weighted by Gasteiger charge is 2.30. The molecule has 2 fully saturated rings. The van der Waals surface area contributed by atoms with Gasteiger partial charge in [-0.3, -0.25) is 14.6 Å². The molecule has 3 rings (SSSR count). The third-order valence-corrected chi connectivity index (χ3v) is 6.87. The standard InChI is InChI=1S/C19H27F3N4O3S/c1-30(28,29)26-12-10-25(11-13-26)18(27)15-24-8-6-23(7-9-24)14-16-2-4-17(5-3-16)19(20,21)22/h2-5H,6-15H2,1H3. The van der Waals surface area contributed by atoms with Crippen LogP contribution in [0.3, 0.4) is 0 Å². The molecule has 0 N–H and O–H groups in total. The predicted molar refractivity (Wildman–Crippen MR) is 106 cm³/mol. The van der Waals surface area contributed by atoms with Crippen molar-refractivity contribution in [3.63, 3.8) is 0 Å². The van der Waals surface area contributed by atoms with Gasteiger partial charge in [-0.15, -0.1) is 0 Å². The zero-order valence-electron chi connectivity index (χ0n) is 16.9. The van der Waals surface area contributed by atoms with Crippen LogP contribution in [-0.4, -0.2) is 98.5 Å². The number of sulfonamides is 1. The van der Waals surface area contributed by atoms with Gasteiger partial charge in [-0.1, -0.05) is 12.1 Å². The molecule has 1 aromatic rings. The van der Waals surface area contributed by atoms with Crippen molar-refractivity contribution in [2.45, 2.75) is 12.7 Å². The number of hydrogen-bond acceptors (Lipinski definition) is 5. The minimum atomic E-state index is -4.33. The van der Waals surface area contributed by atoms with Gasteiger partial charge >= 0.3 is 6.18 Å². The molecule has 0 saturated carbocycles. The van der Waals surface area contributed by atoms with Gasteiger partial charge in [0.1, 0.15) is 0 Å². The number of carbonyl (C=O) groups excluding carboxylic acids is 1. The normalized spacial score (nSPS) is 20.5. The van der Waals surface area contributed by atoms with Crippen LogP contribution in [-0.2, 0) is 27.5 Å². The summed E-state index contributed by atoms with van der Waals surface area (Å²) in [5.74, 6) is -0.000611. The molecule has 2 aliphatic heterocycles. The second-order valence-corrected chi connectivity index (χ2v) is 9.77. The van der Waals surface area contributed by atoms with Gasteiger partial charge in [0.25, 0.3) is 0 Å². The summed E-state index contributed by atoms with van der Waals surface area (Å²) in [6.07, 6.45) is -3.15. The molecule has 168 valence electrons. The zero-order chi connectivity index (χ0) is 21.9. The summed E-state index contributed by atoms with van der Waals surface area (Å²) in [5.41, 5.74) is 0.184. The van der Waals surface area contributed by atoms with Crippen molar-refractivity contribution in [1.82, 2.24) is 19.0 Å². The maximum atomic E-state index is 12.7. The number of amides is 1. The third kappa shape index (κ3) is 6.16. The minimum absolute atomic E-state index is 0.000611. The number of rotatable bonds is 5. The van der Waals surface area contributed by atoms with E-state index in [0.29, 0.717) is 52.4 Å². The Morgan fingerprint density at radius 1 is 0.900 bits per heavy atom. The Morgan fingerprint density at radius 2 is 1.43 bits per heavy atom. The Labute approximate surface area is 175 Å². The van der Waals surface area contributed by atoms with E-state index in [1.54, 1.807) is 4.90 Å². The number of benzene rings is 1. The van der Waals surface area contributed by atoms with Gasteiger partial charge in [-0.2, -0.15) is 17.5 Å². The number of halogens is 3. The van der Waals surface area contributed by atoms with E-state index in [2.05, 4.69) is 9.80 Å². The first-order chi connectivity index (χ1) is 14.0.